The Morgan fingerprint density at radius 3 is 2.64 bits per heavy atom. The Balaban J connectivity index is 2.13. The van der Waals surface area contributed by atoms with Crippen LogP contribution in [0.15, 0.2) is 41.5 Å². The van der Waals surface area contributed by atoms with Gasteiger partial charge in [0.25, 0.3) is 5.91 Å². The minimum Gasteiger partial charge on any atom is -0.504 e. The number of nitrogens with zero attached hydrogens (tertiary/aromatic N) is 2. The molecule has 0 aliphatic carbocycles. The average molecular weight is 405 g/mol. The van der Waals surface area contributed by atoms with Crippen molar-refractivity contribution in [3.05, 3.63) is 53.1 Å². The first-order valence-corrected chi connectivity index (χ1v) is 10.2. The second-order valence-electron chi connectivity index (χ2n) is 6.21. The molecule has 0 heterocycles. The van der Waals surface area contributed by atoms with Crippen molar-refractivity contribution >= 4 is 27.8 Å². The van der Waals surface area contributed by atoms with Crippen LogP contribution in [0.4, 0.5) is 5.69 Å². The summed E-state index contributed by atoms with van der Waals surface area (Å²) in [5.74, 6) is -0.331. The van der Waals surface area contributed by atoms with Gasteiger partial charge in [-0.2, -0.15) is 5.10 Å². The molecule has 0 unspecified atom stereocenters. The Kier molecular flexibility index (Phi) is 6.63. The monoisotopic (exact) mass is 405 g/mol. The van der Waals surface area contributed by atoms with Gasteiger partial charge in [0.05, 0.1) is 25.3 Å². The Labute approximate surface area is 164 Å². The Morgan fingerprint density at radius 1 is 1.29 bits per heavy atom. The molecule has 0 spiro atoms. The number of sulfonamides is 1. The number of benzene rings is 2. The van der Waals surface area contributed by atoms with E-state index in [2.05, 4.69) is 10.5 Å². The van der Waals surface area contributed by atoms with Crippen LogP contribution >= 0.6 is 0 Å². The molecular weight excluding hydrogens is 382 g/mol. The zero-order valence-corrected chi connectivity index (χ0v) is 16.9. The van der Waals surface area contributed by atoms with E-state index in [9.17, 15) is 18.3 Å². The van der Waals surface area contributed by atoms with Crippen LogP contribution in [-0.2, 0) is 14.8 Å². The number of carbonyl (C=O) groups excluding carboxylic acids is 1. The molecular formula is C19H23N3O5S. The third kappa shape index (κ3) is 5.23. The van der Waals surface area contributed by atoms with Gasteiger partial charge in [-0.25, -0.2) is 13.8 Å². The maximum Gasteiger partial charge on any atom is 0.260 e. The van der Waals surface area contributed by atoms with E-state index in [1.807, 2.05) is 13.0 Å². The molecule has 0 fully saturated rings. The lowest BCUT2D eigenvalue weighted by molar-refractivity contribution is -0.119. The first kappa shape index (κ1) is 21.2. The van der Waals surface area contributed by atoms with Gasteiger partial charge in [-0.15, -0.1) is 0 Å². The van der Waals surface area contributed by atoms with Crippen molar-refractivity contribution in [2.75, 3.05) is 24.2 Å². The van der Waals surface area contributed by atoms with Crippen molar-refractivity contribution in [2.24, 2.45) is 5.10 Å². The molecule has 2 aromatic carbocycles. The molecule has 0 radical (unpaired) electrons. The van der Waals surface area contributed by atoms with Crippen LogP contribution < -0.4 is 14.5 Å². The molecule has 0 aliphatic rings. The number of phenolic OH excluding ortho intramolecular Hbond substituents is 1. The lowest BCUT2D eigenvalue weighted by Crippen LogP contribution is -2.39. The van der Waals surface area contributed by atoms with Crippen molar-refractivity contribution in [3.8, 4) is 11.5 Å². The standard InChI is InChI=1S/C19H23N3O5S/c1-13-6-5-7-16(14(13)2)22(28(4,25)26)12-19(24)21-20-11-15-8-9-17(23)18(10-15)27-3/h5-11,23H,12H2,1-4H3,(H,21,24)/b20-11-. The molecule has 8 nitrogen and oxygen atoms in total. The number of aryl methyl sites for hydroxylation is 1. The normalized spacial score (nSPS) is 11.4. The number of phenols is 1. The highest BCUT2D eigenvalue weighted by Crippen LogP contribution is 2.26. The first-order chi connectivity index (χ1) is 13.1. The predicted octanol–water partition coefficient (Wildman–Crippen LogP) is 1.93. The first-order valence-electron chi connectivity index (χ1n) is 8.36. The fourth-order valence-corrected chi connectivity index (χ4v) is 3.41. The summed E-state index contributed by atoms with van der Waals surface area (Å²) in [5.41, 5.74) is 5.05. The molecule has 2 rings (SSSR count). The molecule has 2 N–H and O–H groups in total. The average Bonchev–Trinajstić information content (AvgIpc) is 2.63. The molecule has 0 aliphatic heterocycles. The van der Waals surface area contributed by atoms with Gasteiger partial charge >= 0.3 is 0 Å². The number of nitrogens with one attached hydrogen (secondary N) is 1. The summed E-state index contributed by atoms with van der Waals surface area (Å²) in [5, 5.41) is 13.4. The summed E-state index contributed by atoms with van der Waals surface area (Å²) in [4.78, 5) is 12.2. The number of aromatic hydroxyl groups is 1. The van der Waals surface area contributed by atoms with E-state index in [0.717, 1.165) is 21.7 Å². The van der Waals surface area contributed by atoms with E-state index < -0.39 is 22.5 Å². The van der Waals surface area contributed by atoms with Crippen LogP contribution in [-0.4, -0.2) is 45.6 Å². The third-order valence-electron chi connectivity index (χ3n) is 4.14. The minimum atomic E-state index is -3.67. The molecule has 0 bridgehead atoms. The zero-order valence-electron chi connectivity index (χ0n) is 16.1. The number of methoxy groups -OCH3 is 1. The van der Waals surface area contributed by atoms with E-state index in [1.165, 1.54) is 19.4 Å². The maximum atomic E-state index is 12.2. The van der Waals surface area contributed by atoms with E-state index in [1.54, 1.807) is 31.2 Å². The van der Waals surface area contributed by atoms with E-state index in [0.29, 0.717) is 11.3 Å². The number of rotatable bonds is 7. The van der Waals surface area contributed by atoms with Crippen molar-refractivity contribution in [1.82, 2.24) is 5.43 Å². The summed E-state index contributed by atoms with van der Waals surface area (Å²) < 4.78 is 30.4. The molecule has 0 saturated carbocycles. The smallest absolute Gasteiger partial charge is 0.260 e. The predicted molar refractivity (Wildman–Crippen MR) is 109 cm³/mol. The SMILES string of the molecule is COc1cc(/C=N\NC(=O)CN(c2cccc(C)c2C)S(C)(=O)=O)ccc1O. The molecule has 28 heavy (non-hydrogen) atoms. The van der Waals surface area contributed by atoms with Gasteiger partial charge in [0.2, 0.25) is 10.0 Å². The van der Waals surface area contributed by atoms with Gasteiger partial charge in [0.15, 0.2) is 11.5 Å². The molecule has 0 aromatic heterocycles. The second kappa shape index (κ2) is 8.75. The van der Waals surface area contributed by atoms with E-state index in [-0.39, 0.29) is 11.5 Å². The van der Waals surface area contributed by atoms with Gasteiger partial charge in [0, 0.05) is 0 Å². The highest BCUT2D eigenvalue weighted by atomic mass is 32.2. The largest absolute Gasteiger partial charge is 0.504 e. The van der Waals surface area contributed by atoms with Crippen LogP contribution in [0.3, 0.4) is 0 Å². The van der Waals surface area contributed by atoms with Gasteiger partial charge < -0.3 is 9.84 Å². The van der Waals surface area contributed by atoms with Gasteiger partial charge in [0.1, 0.15) is 6.54 Å². The number of carbonyl (C=O) groups is 1. The molecule has 2 aromatic rings. The van der Waals surface area contributed by atoms with Crippen LogP contribution in [0.2, 0.25) is 0 Å². The summed E-state index contributed by atoms with van der Waals surface area (Å²) in [6, 6.07) is 9.84. The number of hydrogen-bond acceptors (Lipinski definition) is 6. The summed E-state index contributed by atoms with van der Waals surface area (Å²) in [6.45, 7) is 3.27. The number of hydrogen-bond donors (Lipinski definition) is 2. The van der Waals surface area contributed by atoms with E-state index >= 15 is 0 Å². The molecule has 0 saturated heterocycles. The van der Waals surface area contributed by atoms with Gasteiger partial charge in [-0.3, -0.25) is 9.10 Å². The molecule has 150 valence electrons. The maximum absolute atomic E-state index is 12.2. The number of anilines is 1. The second-order valence-corrected chi connectivity index (χ2v) is 8.12. The molecule has 9 heteroatoms. The quantitative estimate of drug-likeness (QED) is 0.541. The van der Waals surface area contributed by atoms with Crippen LogP contribution in [0.25, 0.3) is 0 Å². The van der Waals surface area contributed by atoms with Gasteiger partial charge in [-0.05, 0) is 54.8 Å². The van der Waals surface area contributed by atoms with Crippen LogP contribution in [0, 0.1) is 13.8 Å². The molecule has 0 atom stereocenters. The summed E-state index contributed by atoms with van der Waals surface area (Å²) in [7, 11) is -2.25. The fourth-order valence-electron chi connectivity index (χ4n) is 2.51. The van der Waals surface area contributed by atoms with Gasteiger partial charge in [-0.1, -0.05) is 12.1 Å². The Bertz CT molecular complexity index is 1000. The number of amides is 1. The van der Waals surface area contributed by atoms with Crippen molar-refractivity contribution in [2.45, 2.75) is 13.8 Å². The zero-order chi connectivity index (χ0) is 20.9. The fraction of sp³-hybridized carbons (Fsp3) is 0.263. The lowest BCUT2D eigenvalue weighted by atomic mass is 10.1. The Hall–Kier alpha value is -3.07. The van der Waals surface area contributed by atoms with E-state index in [4.69, 9.17) is 4.74 Å². The lowest BCUT2D eigenvalue weighted by Gasteiger charge is -2.23. The number of ether oxygens (including phenoxy) is 1. The number of hydrazone groups is 1. The highest BCUT2D eigenvalue weighted by Gasteiger charge is 2.22. The summed E-state index contributed by atoms with van der Waals surface area (Å²) in [6.07, 6.45) is 2.41. The Morgan fingerprint density at radius 2 is 2.00 bits per heavy atom. The topological polar surface area (TPSA) is 108 Å². The highest BCUT2D eigenvalue weighted by molar-refractivity contribution is 7.92. The summed E-state index contributed by atoms with van der Waals surface area (Å²) >= 11 is 0. The van der Waals surface area contributed by atoms with Crippen LogP contribution in [0.5, 0.6) is 11.5 Å². The van der Waals surface area contributed by atoms with Crippen LogP contribution in [0.1, 0.15) is 16.7 Å². The van der Waals surface area contributed by atoms with Crippen molar-refractivity contribution < 1.29 is 23.1 Å². The molecule has 1 amide bonds. The van der Waals surface area contributed by atoms with Crippen molar-refractivity contribution in [3.63, 3.8) is 0 Å². The third-order valence-corrected chi connectivity index (χ3v) is 5.27. The minimum absolute atomic E-state index is 0.0130. The van der Waals surface area contributed by atoms with Crippen molar-refractivity contribution in [1.29, 1.82) is 0 Å².